The molecule has 1 unspecified atom stereocenters. The van der Waals surface area contributed by atoms with E-state index in [0.717, 1.165) is 0 Å². The standard InChI is InChI=1S/C23H25N5O5/c1-22(2,3)23(20(30)31)13-18(27-28-23)26-21(32)25-15-8-10-16(11-9-15)33-17-7-5-6-14(12-17)19(29)24-4/h5-13H,1-4H3,(H,24,29)(H,30,31)(H2,25,26,32). The molecule has 1 heterocycles. The second-order valence-corrected chi connectivity index (χ2v) is 8.36. The van der Waals surface area contributed by atoms with E-state index in [2.05, 4.69) is 26.2 Å². The molecule has 0 spiro atoms. The molecule has 1 atom stereocenters. The number of benzene rings is 2. The number of ether oxygens (including phenoxy) is 1. The Morgan fingerprint density at radius 3 is 2.27 bits per heavy atom. The summed E-state index contributed by atoms with van der Waals surface area (Å²) in [5, 5.41) is 25.0. The van der Waals surface area contributed by atoms with Crippen molar-refractivity contribution in [1.29, 1.82) is 0 Å². The summed E-state index contributed by atoms with van der Waals surface area (Å²) in [6, 6.07) is 12.7. The fourth-order valence-electron chi connectivity index (χ4n) is 3.11. The highest BCUT2D eigenvalue weighted by Gasteiger charge is 2.51. The summed E-state index contributed by atoms with van der Waals surface area (Å²) in [5.74, 6) is -0.299. The largest absolute Gasteiger partial charge is 0.479 e. The quantitative estimate of drug-likeness (QED) is 0.522. The first-order chi connectivity index (χ1) is 15.5. The average Bonchev–Trinajstić information content (AvgIpc) is 3.20. The molecule has 0 fully saturated rings. The van der Waals surface area contributed by atoms with Gasteiger partial charge in [-0.3, -0.25) is 10.1 Å². The molecule has 2 aromatic rings. The van der Waals surface area contributed by atoms with Crippen molar-refractivity contribution in [3.63, 3.8) is 0 Å². The Bertz CT molecular complexity index is 1130. The number of hydrogen-bond acceptors (Lipinski definition) is 6. The van der Waals surface area contributed by atoms with Gasteiger partial charge in [0.25, 0.3) is 5.91 Å². The smallest absolute Gasteiger partial charge is 0.338 e. The third-order valence-corrected chi connectivity index (χ3v) is 5.04. The van der Waals surface area contributed by atoms with E-state index in [1.54, 1.807) is 76.3 Å². The number of nitrogens with zero attached hydrogens (tertiary/aromatic N) is 2. The highest BCUT2D eigenvalue weighted by atomic mass is 16.5. The van der Waals surface area contributed by atoms with Crippen LogP contribution in [0.25, 0.3) is 0 Å². The molecule has 3 rings (SSSR count). The minimum atomic E-state index is -1.55. The summed E-state index contributed by atoms with van der Waals surface area (Å²) in [6.07, 6.45) is 1.33. The van der Waals surface area contributed by atoms with Gasteiger partial charge in [0.2, 0.25) is 5.54 Å². The molecular weight excluding hydrogens is 426 g/mol. The lowest BCUT2D eigenvalue weighted by Crippen LogP contribution is -2.45. The van der Waals surface area contributed by atoms with E-state index in [1.807, 2.05) is 0 Å². The molecule has 172 valence electrons. The summed E-state index contributed by atoms with van der Waals surface area (Å²) in [7, 11) is 1.55. The zero-order valence-corrected chi connectivity index (χ0v) is 18.7. The third-order valence-electron chi connectivity index (χ3n) is 5.04. The Morgan fingerprint density at radius 2 is 1.70 bits per heavy atom. The van der Waals surface area contributed by atoms with E-state index >= 15 is 0 Å². The van der Waals surface area contributed by atoms with Crippen LogP contribution < -0.4 is 20.7 Å². The molecule has 0 aliphatic carbocycles. The number of amides is 3. The second kappa shape index (κ2) is 9.11. The highest BCUT2D eigenvalue weighted by Crippen LogP contribution is 2.40. The molecule has 3 amide bonds. The second-order valence-electron chi connectivity index (χ2n) is 8.36. The fraction of sp³-hybridized carbons (Fsp3) is 0.261. The lowest BCUT2D eigenvalue weighted by Gasteiger charge is -2.31. The summed E-state index contributed by atoms with van der Waals surface area (Å²) in [4.78, 5) is 35.8. The molecule has 0 radical (unpaired) electrons. The number of urea groups is 1. The zero-order chi connectivity index (χ0) is 24.2. The molecule has 2 aromatic carbocycles. The van der Waals surface area contributed by atoms with Crippen molar-refractivity contribution in [3.05, 3.63) is 66.0 Å². The highest BCUT2D eigenvalue weighted by molar-refractivity contribution is 5.94. The van der Waals surface area contributed by atoms with Crippen LogP contribution in [0.4, 0.5) is 10.5 Å². The van der Waals surface area contributed by atoms with Gasteiger partial charge in [-0.2, -0.15) is 5.11 Å². The van der Waals surface area contributed by atoms with Crippen LogP contribution in [0, 0.1) is 5.41 Å². The van der Waals surface area contributed by atoms with Gasteiger partial charge in [0.15, 0.2) is 5.82 Å². The molecule has 0 bridgehead atoms. The molecule has 1 aliphatic heterocycles. The topological polar surface area (TPSA) is 141 Å². The number of rotatable bonds is 6. The van der Waals surface area contributed by atoms with Crippen LogP contribution in [0.2, 0.25) is 0 Å². The van der Waals surface area contributed by atoms with E-state index in [9.17, 15) is 19.5 Å². The monoisotopic (exact) mass is 451 g/mol. The Labute approximate surface area is 190 Å². The number of carbonyl (C=O) groups excluding carboxylic acids is 2. The first-order valence-corrected chi connectivity index (χ1v) is 10.1. The number of hydrogen-bond donors (Lipinski definition) is 4. The maximum absolute atomic E-state index is 12.3. The van der Waals surface area contributed by atoms with Gasteiger partial charge in [0.1, 0.15) is 11.5 Å². The molecule has 0 saturated heterocycles. The van der Waals surface area contributed by atoms with Gasteiger partial charge >= 0.3 is 12.0 Å². The van der Waals surface area contributed by atoms with Crippen molar-refractivity contribution in [2.45, 2.75) is 26.3 Å². The first-order valence-electron chi connectivity index (χ1n) is 10.1. The summed E-state index contributed by atoms with van der Waals surface area (Å²) < 4.78 is 5.76. The summed E-state index contributed by atoms with van der Waals surface area (Å²) >= 11 is 0. The lowest BCUT2D eigenvalue weighted by atomic mass is 9.74. The van der Waals surface area contributed by atoms with E-state index in [4.69, 9.17) is 4.74 Å². The number of carbonyl (C=O) groups is 3. The van der Waals surface area contributed by atoms with Gasteiger partial charge < -0.3 is 20.5 Å². The van der Waals surface area contributed by atoms with Crippen molar-refractivity contribution < 1.29 is 24.2 Å². The van der Waals surface area contributed by atoms with Crippen molar-refractivity contribution >= 4 is 23.6 Å². The van der Waals surface area contributed by atoms with Crippen molar-refractivity contribution in [2.24, 2.45) is 15.6 Å². The SMILES string of the molecule is CNC(=O)c1cccc(Oc2ccc(NC(=O)NC3=CC(C(=O)O)(C(C)(C)C)N=N3)cc2)c1. The molecule has 10 heteroatoms. The molecule has 0 aromatic heterocycles. The van der Waals surface area contributed by atoms with E-state index in [-0.39, 0.29) is 11.7 Å². The van der Waals surface area contributed by atoms with Gasteiger partial charge in [-0.25, -0.2) is 9.59 Å². The number of carboxylic acid groups (broad SMARTS) is 1. The fourth-order valence-corrected chi connectivity index (χ4v) is 3.11. The predicted molar refractivity (Wildman–Crippen MR) is 121 cm³/mol. The normalized spacial score (nSPS) is 17.2. The Balaban J connectivity index is 1.62. The molecule has 33 heavy (non-hydrogen) atoms. The van der Waals surface area contributed by atoms with Crippen LogP contribution >= 0.6 is 0 Å². The summed E-state index contributed by atoms with van der Waals surface area (Å²) in [5.41, 5.74) is -1.33. The third kappa shape index (κ3) is 5.17. The van der Waals surface area contributed by atoms with Gasteiger partial charge in [0, 0.05) is 29.8 Å². The van der Waals surface area contributed by atoms with E-state index < -0.39 is 23.0 Å². The van der Waals surface area contributed by atoms with E-state index in [1.165, 1.54) is 6.08 Å². The van der Waals surface area contributed by atoms with Crippen molar-refractivity contribution in [3.8, 4) is 11.5 Å². The number of aliphatic carboxylic acids is 1. The van der Waals surface area contributed by atoms with E-state index in [0.29, 0.717) is 22.7 Å². The molecule has 1 aliphatic rings. The van der Waals surface area contributed by atoms with Crippen LogP contribution in [0.3, 0.4) is 0 Å². The minimum absolute atomic E-state index is 0.0563. The first kappa shape index (κ1) is 23.5. The maximum Gasteiger partial charge on any atom is 0.338 e. The molecule has 10 nitrogen and oxygen atoms in total. The maximum atomic E-state index is 12.3. The van der Waals surface area contributed by atoms with Crippen LogP contribution in [-0.4, -0.2) is 35.6 Å². The van der Waals surface area contributed by atoms with Crippen LogP contribution in [0.15, 0.2) is 70.7 Å². The average molecular weight is 451 g/mol. The van der Waals surface area contributed by atoms with Gasteiger partial charge in [-0.05, 0) is 42.5 Å². The van der Waals surface area contributed by atoms with Crippen LogP contribution in [0.1, 0.15) is 31.1 Å². The Hall–Kier alpha value is -4.21. The number of azo groups is 1. The number of carboxylic acids is 1. The number of nitrogens with one attached hydrogen (secondary N) is 3. The molecule has 4 N–H and O–H groups in total. The predicted octanol–water partition coefficient (Wildman–Crippen LogP) is 4.14. The van der Waals surface area contributed by atoms with Gasteiger partial charge in [0.05, 0.1) is 0 Å². The zero-order valence-electron chi connectivity index (χ0n) is 18.7. The van der Waals surface area contributed by atoms with Crippen LogP contribution in [0.5, 0.6) is 11.5 Å². The van der Waals surface area contributed by atoms with Crippen molar-refractivity contribution in [1.82, 2.24) is 10.6 Å². The summed E-state index contributed by atoms with van der Waals surface area (Å²) in [6.45, 7) is 5.20. The van der Waals surface area contributed by atoms with Crippen LogP contribution in [-0.2, 0) is 4.79 Å². The van der Waals surface area contributed by atoms with Crippen molar-refractivity contribution in [2.75, 3.05) is 12.4 Å². The van der Waals surface area contributed by atoms with Gasteiger partial charge in [-0.15, -0.1) is 5.11 Å². The molecule has 0 saturated carbocycles. The van der Waals surface area contributed by atoms with Gasteiger partial charge in [-0.1, -0.05) is 26.8 Å². The lowest BCUT2D eigenvalue weighted by molar-refractivity contribution is -0.144. The Morgan fingerprint density at radius 1 is 1.00 bits per heavy atom. The number of anilines is 1. The Kier molecular flexibility index (Phi) is 6.47. The minimum Gasteiger partial charge on any atom is -0.479 e. The molecular formula is C23H25N5O5.